The second-order valence-corrected chi connectivity index (χ2v) is 5.39. The number of rotatable bonds is 2. The average Bonchev–Trinajstić information content (AvgIpc) is 2.66. The molecule has 1 saturated carbocycles. The summed E-state index contributed by atoms with van der Waals surface area (Å²) in [6, 6.07) is 9.02. The van der Waals surface area contributed by atoms with Crippen molar-refractivity contribution in [1.82, 2.24) is 0 Å². The van der Waals surface area contributed by atoms with Gasteiger partial charge in [0.1, 0.15) is 6.07 Å². The molecule has 1 aliphatic rings. The Morgan fingerprint density at radius 3 is 2.44 bits per heavy atom. The maximum atomic E-state index is 9.24. The number of nitrogens with zero attached hydrogens (tertiary/aromatic N) is 2. The summed E-state index contributed by atoms with van der Waals surface area (Å²) in [7, 11) is 2.14. The molecular weight excluding hydrogens is 220 g/mol. The summed E-state index contributed by atoms with van der Waals surface area (Å²) in [5, 5.41) is 9.24. The van der Waals surface area contributed by atoms with E-state index in [0.29, 0.717) is 6.04 Å². The van der Waals surface area contributed by atoms with Crippen LogP contribution in [0.1, 0.15) is 49.7 Å². The molecule has 0 bridgehead atoms. The molecule has 0 atom stereocenters. The van der Waals surface area contributed by atoms with Gasteiger partial charge in [-0.05, 0) is 37.5 Å². The van der Waals surface area contributed by atoms with E-state index in [1.165, 1.54) is 44.1 Å². The van der Waals surface area contributed by atoms with E-state index in [1.807, 2.05) is 12.1 Å². The van der Waals surface area contributed by atoms with E-state index in [4.69, 9.17) is 0 Å². The number of nitriles is 1. The Bertz CT molecular complexity index is 437. The molecule has 2 heteroatoms. The highest BCUT2D eigenvalue weighted by Crippen LogP contribution is 2.28. The Kier molecular flexibility index (Phi) is 4.25. The fourth-order valence-corrected chi connectivity index (χ4v) is 2.87. The molecule has 0 unspecified atom stereocenters. The summed E-state index contributed by atoms with van der Waals surface area (Å²) < 4.78 is 0. The van der Waals surface area contributed by atoms with Crippen LogP contribution in [0.3, 0.4) is 0 Å². The lowest BCUT2D eigenvalue weighted by molar-refractivity contribution is 0.552. The lowest BCUT2D eigenvalue weighted by atomic mass is 10.0. The van der Waals surface area contributed by atoms with E-state index in [0.717, 1.165) is 11.3 Å². The minimum atomic E-state index is 0.599. The van der Waals surface area contributed by atoms with Crippen molar-refractivity contribution in [2.75, 3.05) is 11.9 Å². The fraction of sp³-hybridized carbons (Fsp3) is 0.562. The van der Waals surface area contributed by atoms with Crippen LogP contribution in [-0.4, -0.2) is 13.1 Å². The van der Waals surface area contributed by atoms with Gasteiger partial charge < -0.3 is 4.90 Å². The monoisotopic (exact) mass is 242 g/mol. The topological polar surface area (TPSA) is 27.0 Å². The first-order valence-electron chi connectivity index (χ1n) is 6.96. The molecule has 1 fully saturated rings. The smallest absolute Gasteiger partial charge is 0.101 e. The Morgan fingerprint density at radius 2 is 1.83 bits per heavy atom. The molecule has 0 saturated heterocycles. The minimum Gasteiger partial charge on any atom is -0.371 e. The van der Waals surface area contributed by atoms with Gasteiger partial charge in [0, 0.05) is 13.1 Å². The van der Waals surface area contributed by atoms with Gasteiger partial charge >= 0.3 is 0 Å². The number of benzene rings is 1. The molecule has 1 aliphatic carbocycles. The van der Waals surface area contributed by atoms with Crippen molar-refractivity contribution in [2.45, 2.75) is 51.5 Å². The molecule has 0 amide bonds. The number of aryl methyl sites for hydroxylation is 1. The van der Waals surface area contributed by atoms with Gasteiger partial charge in [0.2, 0.25) is 0 Å². The predicted octanol–water partition coefficient (Wildman–Crippen LogP) is 4.03. The van der Waals surface area contributed by atoms with Gasteiger partial charge in [-0.3, -0.25) is 0 Å². The minimum absolute atomic E-state index is 0.599. The van der Waals surface area contributed by atoms with Gasteiger partial charge in [-0.15, -0.1) is 0 Å². The van der Waals surface area contributed by atoms with Crippen LogP contribution in [0.4, 0.5) is 5.69 Å². The number of anilines is 1. The molecule has 1 aromatic rings. The van der Waals surface area contributed by atoms with Gasteiger partial charge in [-0.1, -0.05) is 31.7 Å². The summed E-state index contributed by atoms with van der Waals surface area (Å²) in [4.78, 5) is 2.33. The Labute approximate surface area is 110 Å². The van der Waals surface area contributed by atoms with Crippen molar-refractivity contribution < 1.29 is 0 Å². The molecule has 0 aliphatic heterocycles. The number of hydrogen-bond donors (Lipinski definition) is 0. The lowest BCUT2D eigenvalue weighted by Crippen LogP contribution is -2.31. The predicted molar refractivity (Wildman–Crippen MR) is 75.8 cm³/mol. The quantitative estimate of drug-likeness (QED) is 0.732. The van der Waals surface area contributed by atoms with E-state index in [9.17, 15) is 5.26 Å². The van der Waals surface area contributed by atoms with Gasteiger partial charge in [0.25, 0.3) is 0 Å². The molecule has 0 aromatic heterocycles. The first-order valence-corrected chi connectivity index (χ1v) is 6.96. The summed E-state index contributed by atoms with van der Waals surface area (Å²) in [5.41, 5.74) is 3.13. The van der Waals surface area contributed by atoms with Crippen LogP contribution in [0.5, 0.6) is 0 Å². The van der Waals surface area contributed by atoms with Crippen LogP contribution in [0.15, 0.2) is 18.2 Å². The number of hydrogen-bond acceptors (Lipinski definition) is 2. The van der Waals surface area contributed by atoms with Crippen molar-refractivity contribution in [1.29, 1.82) is 5.26 Å². The third-order valence-electron chi connectivity index (χ3n) is 4.03. The van der Waals surface area contributed by atoms with E-state index in [-0.39, 0.29) is 0 Å². The van der Waals surface area contributed by atoms with Crippen molar-refractivity contribution in [3.05, 3.63) is 29.3 Å². The van der Waals surface area contributed by atoms with Crippen molar-refractivity contribution in [3.63, 3.8) is 0 Å². The van der Waals surface area contributed by atoms with Crippen molar-refractivity contribution in [2.24, 2.45) is 0 Å². The first-order chi connectivity index (χ1) is 8.72. The van der Waals surface area contributed by atoms with E-state index < -0.39 is 0 Å². The molecule has 2 rings (SSSR count). The van der Waals surface area contributed by atoms with Crippen LogP contribution in [0.2, 0.25) is 0 Å². The van der Waals surface area contributed by atoms with E-state index in [2.05, 4.69) is 31.0 Å². The summed E-state index contributed by atoms with van der Waals surface area (Å²) in [5.74, 6) is 0. The molecule has 96 valence electrons. The highest BCUT2D eigenvalue weighted by molar-refractivity contribution is 5.60. The zero-order valence-electron chi connectivity index (χ0n) is 11.4. The maximum Gasteiger partial charge on any atom is 0.101 e. The molecule has 0 spiro atoms. The van der Waals surface area contributed by atoms with Gasteiger partial charge in [-0.2, -0.15) is 5.26 Å². The largest absolute Gasteiger partial charge is 0.371 e. The highest BCUT2D eigenvalue weighted by atomic mass is 15.1. The maximum absolute atomic E-state index is 9.24. The zero-order valence-corrected chi connectivity index (χ0v) is 11.4. The summed E-state index contributed by atoms with van der Waals surface area (Å²) in [6.45, 7) is 2.09. The molecule has 1 aromatic carbocycles. The van der Waals surface area contributed by atoms with Crippen LogP contribution in [0, 0.1) is 18.3 Å². The van der Waals surface area contributed by atoms with Crippen LogP contribution >= 0.6 is 0 Å². The normalized spacial score (nSPS) is 16.9. The highest BCUT2D eigenvalue weighted by Gasteiger charge is 2.19. The summed E-state index contributed by atoms with van der Waals surface area (Å²) in [6.07, 6.45) is 7.89. The van der Waals surface area contributed by atoms with Crippen LogP contribution in [0.25, 0.3) is 0 Å². The lowest BCUT2D eigenvalue weighted by Gasteiger charge is -2.30. The molecular formula is C16H22N2. The SMILES string of the molecule is Cc1ccc(C#N)c(N(C)C2CCCCCC2)c1. The summed E-state index contributed by atoms with van der Waals surface area (Å²) >= 11 is 0. The molecule has 18 heavy (non-hydrogen) atoms. The van der Waals surface area contributed by atoms with Crippen molar-refractivity contribution in [3.8, 4) is 6.07 Å². The third kappa shape index (κ3) is 2.85. The standard InChI is InChI=1S/C16H22N2/c1-13-9-10-14(12-17)16(11-13)18(2)15-7-5-3-4-6-8-15/h9-11,15H,3-8H2,1-2H3. The van der Waals surface area contributed by atoms with E-state index >= 15 is 0 Å². The second-order valence-electron chi connectivity index (χ2n) is 5.39. The molecule has 0 radical (unpaired) electrons. The Balaban J connectivity index is 2.24. The Morgan fingerprint density at radius 1 is 1.17 bits per heavy atom. The van der Waals surface area contributed by atoms with Gasteiger partial charge in [0.15, 0.2) is 0 Å². The fourth-order valence-electron chi connectivity index (χ4n) is 2.87. The molecule has 0 N–H and O–H groups in total. The van der Waals surface area contributed by atoms with Gasteiger partial charge in [-0.25, -0.2) is 0 Å². The van der Waals surface area contributed by atoms with Gasteiger partial charge in [0.05, 0.1) is 11.3 Å². The molecule has 2 nitrogen and oxygen atoms in total. The van der Waals surface area contributed by atoms with Crippen LogP contribution in [-0.2, 0) is 0 Å². The second kappa shape index (κ2) is 5.91. The van der Waals surface area contributed by atoms with E-state index in [1.54, 1.807) is 0 Å². The zero-order chi connectivity index (χ0) is 13.0. The Hall–Kier alpha value is -1.49. The first kappa shape index (κ1) is 13.0. The average molecular weight is 242 g/mol. The molecule has 0 heterocycles. The third-order valence-corrected chi connectivity index (χ3v) is 4.03. The van der Waals surface area contributed by atoms with Crippen LogP contribution < -0.4 is 4.90 Å². The van der Waals surface area contributed by atoms with Crippen molar-refractivity contribution >= 4 is 5.69 Å².